The van der Waals surface area contributed by atoms with Crippen molar-refractivity contribution in [2.24, 2.45) is 0 Å². The van der Waals surface area contributed by atoms with Crippen molar-refractivity contribution >= 4 is 10.8 Å². The Morgan fingerprint density at radius 2 is 0.833 bits per heavy atom. The van der Waals surface area contributed by atoms with Gasteiger partial charge in [-0.2, -0.15) is 0 Å². The number of fused-ring (bicyclic) bond motifs is 1. The van der Waals surface area contributed by atoms with Gasteiger partial charge in [0.05, 0.1) is 0 Å². The van der Waals surface area contributed by atoms with E-state index in [0.29, 0.717) is 0 Å². The topological polar surface area (TPSA) is 0 Å². The number of rotatable bonds is 5. The minimum atomic E-state index is -0.270. The zero-order valence-corrected chi connectivity index (χ0v) is 16.9. The quantitative estimate of drug-likeness (QED) is 0.277. The van der Waals surface area contributed by atoms with Crippen LogP contribution in [0.5, 0.6) is 0 Å². The van der Waals surface area contributed by atoms with Gasteiger partial charge >= 0.3 is 0 Å². The fourth-order valence-electron chi connectivity index (χ4n) is 4.71. The van der Waals surface area contributed by atoms with Crippen LogP contribution in [0.2, 0.25) is 0 Å². The Morgan fingerprint density at radius 1 is 0.400 bits per heavy atom. The molecule has 5 aromatic carbocycles. The minimum absolute atomic E-state index is 0.270. The van der Waals surface area contributed by atoms with E-state index in [4.69, 9.17) is 0 Å². The Morgan fingerprint density at radius 3 is 1.37 bits per heavy atom. The summed E-state index contributed by atoms with van der Waals surface area (Å²) >= 11 is 0. The van der Waals surface area contributed by atoms with Crippen LogP contribution in [0.15, 0.2) is 133 Å². The Labute approximate surface area is 178 Å². The molecule has 0 aromatic heterocycles. The Hall–Kier alpha value is -3.64. The van der Waals surface area contributed by atoms with Crippen LogP contribution >= 0.6 is 0 Å². The molecule has 0 saturated heterocycles. The van der Waals surface area contributed by atoms with E-state index in [1.807, 2.05) is 0 Å². The van der Waals surface area contributed by atoms with Gasteiger partial charge in [0, 0.05) is 5.41 Å². The van der Waals surface area contributed by atoms with Gasteiger partial charge in [0.15, 0.2) is 0 Å². The van der Waals surface area contributed by atoms with E-state index in [1.54, 1.807) is 0 Å². The molecule has 0 aliphatic rings. The first kappa shape index (κ1) is 18.4. The van der Waals surface area contributed by atoms with Crippen LogP contribution in [0.4, 0.5) is 0 Å². The van der Waals surface area contributed by atoms with E-state index in [0.717, 1.165) is 6.42 Å². The van der Waals surface area contributed by atoms with Crippen molar-refractivity contribution in [2.75, 3.05) is 0 Å². The number of hydrogen-bond donors (Lipinski definition) is 0. The number of hydrogen-bond acceptors (Lipinski definition) is 0. The van der Waals surface area contributed by atoms with E-state index in [9.17, 15) is 0 Å². The molecule has 0 heterocycles. The molecule has 0 saturated carbocycles. The van der Waals surface area contributed by atoms with Crippen LogP contribution in [0.25, 0.3) is 10.8 Å². The van der Waals surface area contributed by atoms with Crippen molar-refractivity contribution in [2.45, 2.75) is 11.8 Å². The molecule has 144 valence electrons. The third kappa shape index (κ3) is 3.21. The lowest BCUT2D eigenvalue weighted by atomic mass is 9.66. The summed E-state index contributed by atoms with van der Waals surface area (Å²) in [6.07, 6.45) is 0.895. The molecule has 5 aromatic rings. The summed E-state index contributed by atoms with van der Waals surface area (Å²) in [4.78, 5) is 0. The second-order valence-corrected chi connectivity index (χ2v) is 7.82. The lowest BCUT2D eigenvalue weighted by molar-refractivity contribution is 0.615. The highest BCUT2D eigenvalue weighted by Crippen LogP contribution is 2.43. The van der Waals surface area contributed by atoms with Crippen molar-refractivity contribution in [3.05, 3.63) is 156 Å². The van der Waals surface area contributed by atoms with Gasteiger partial charge < -0.3 is 0 Å². The Bertz CT molecular complexity index is 1140. The molecular formula is C30H24. The summed E-state index contributed by atoms with van der Waals surface area (Å²) in [6.45, 7) is 0. The monoisotopic (exact) mass is 384 g/mol. The van der Waals surface area contributed by atoms with Crippen molar-refractivity contribution in [1.29, 1.82) is 0 Å². The molecule has 0 bridgehead atoms. The molecule has 0 aliphatic heterocycles. The third-order valence-corrected chi connectivity index (χ3v) is 6.14. The highest BCUT2D eigenvalue weighted by molar-refractivity contribution is 5.86. The van der Waals surface area contributed by atoms with Crippen molar-refractivity contribution in [1.82, 2.24) is 0 Å². The Balaban J connectivity index is 1.82. The minimum Gasteiger partial charge on any atom is -0.0622 e. The maximum Gasteiger partial charge on any atom is 0.0491 e. The first-order valence-electron chi connectivity index (χ1n) is 10.5. The fourth-order valence-corrected chi connectivity index (χ4v) is 4.71. The van der Waals surface area contributed by atoms with Crippen molar-refractivity contribution < 1.29 is 0 Å². The zero-order chi connectivity index (χ0) is 20.2. The molecule has 0 fully saturated rings. The smallest absolute Gasteiger partial charge is 0.0491 e. The molecule has 0 atom stereocenters. The van der Waals surface area contributed by atoms with Crippen LogP contribution in [0, 0.1) is 0 Å². The molecule has 0 radical (unpaired) electrons. The van der Waals surface area contributed by atoms with E-state index in [2.05, 4.69) is 133 Å². The van der Waals surface area contributed by atoms with Gasteiger partial charge in [0.25, 0.3) is 0 Å². The molecule has 0 heteroatoms. The van der Waals surface area contributed by atoms with Gasteiger partial charge in [-0.1, -0.05) is 133 Å². The van der Waals surface area contributed by atoms with E-state index in [1.165, 1.54) is 33.0 Å². The Kier molecular flexibility index (Phi) is 4.91. The second-order valence-electron chi connectivity index (χ2n) is 7.82. The van der Waals surface area contributed by atoms with Gasteiger partial charge in [-0.3, -0.25) is 0 Å². The van der Waals surface area contributed by atoms with Crippen LogP contribution in [0.1, 0.15) is 22.3 Å². The summed E-state index contributed by atoms with van der Waals surface area (Å²) in [6, 6.07) is 48.2. The summed E-state index contributed by atoms with van der Waals surface area (Å²) in [7, 11) is 0. The highest BCUT2D eigenvalue weighted by atomic mass is 14.4. The van der Waals surface area contributed by atoms with Crippen molar-refractivity contribution in [3.63, 3.8) is 0 Å². The van der Waals surface area contributed by atoms with Gasteiger partial charge in [-0.15, -0.1) is 0 Å². The SMILES string of the molecule is c1ccc(C(Cc2cccc3ccccc23)(c2ccccc2)c2ccccc2)cc1. The summed E-state index contributed by atoms with van der Waals surface area (Å²) in [5.41, 5.74) is 5.04. The maximum atomic E-state index is 2.28. The normalized spacial score (nSPS) is 11.5. The third-order valence-electron chi connectivity index (χ3n) is 6.14. The summed E-state index contributed by atoms with van der Waals surface area (Å²) < 4.78 is 0. The second kappa shape index (κ2) is 8.00. The molecule has 0 aliphatic carbocycles. The molecule has 0 spiro atoms. The van der Waals surface area contributed by atoms with Crippen LogP contribution < -0.4 is 0 Å². The predicted octanol–water partition coefficient (Wildman–Crippen LogP) is 7.42. The standard InChI is InChI=1S/C30H24/c1-4-16-26(17-5-1)30(27-18-6-2-7-19-27,28-20-8-3-9-21-28)23-25-15-12-14-24-13-10-11-22-29(24)25/h1-22H,23H2. The molecule has 5 rings (SSSR count). The van der Waals surface area contributed by atoms with Gasteiger partial charge in [-0.05, 0) is 39.4 Å². The lowest BCUT2D eigenvalue weighted by Crippen LogP contribution is -2.32. The van der Waals surface area contributed by atoms with Crippen LogP contribution in [-0.2, 0) is 11.8 Å². The zero-order valence-electron chi connectivity index (χ0n) is 16.9. The number of benzene rings is 5. The highest BCUT2D eigenvalue weighted by Gasteiger charge is 2.36. The summed E-state index contributed by atoms with van der Waals surface area (Å²) in [5.74, 6) is 0. The molecule has 0 N–H and O–H groups in total. The maximum absolute atomic E-state index is 2.28. The van der Waals surface area contributed by atoms with Gasteiger partial charge in [-0.25, -0.2) is 0 Å². The first-order chi connectivity index (χ1) is 14.9. The van der Waals surface area contributed by atoms with E-state index >= 15 is 0 Å². The molecule has 30 heavy (non-hydrogen) atoms. The average Bonchev–Trinajstić information content (AvgIpc) is 2.84. The lowest BCUT2D eigenvalue weighted by Gasteiger charge is -2.36. The van der Waals surface area contributed by atoms with E-state index in [-0.39, 0.29) is 5.41 Å². The average molecular weight is 385 g/mol. The van der Waals surface area contributed by atoms with E-state index < -0.39 is 0 Å². The summed E-state index contributed by atoms with van der Waals surface area (Å²) in [5, 5.41) is 2.62. The van der Waals surface area contributed by atoms with Gasteiger partial charge in [0.1, 0.15) is 0 Å². The molecular weight excluding hydrogens is 360 g/mol. The first-order valence-corrected chi connectivity index (χ1v) is 10.5. The van der Waals surface area contributed by atoms with Crippen LogP contribution in [-0.4, -0.2) is 0 Å². The fraction of sp³-hybridized carbons (Fsp3) is 0.0667. The largest absolute Gasteiger partial charge is 0.0622 e. The predicted molar refractivity (Wildman–Crippen MR) is 127 cm³/mol. The van der Waals surface area contributed by atoms with Crippen molar-refractivity contribution in [3.8, 4) is 0 Å². The molecule has 0 amide bonds. The molecule has 0 nitrogen and oxygen atoms in total. The van der Waals surface area contributed by atoms with Gasteiger partial charge in [0.2, 0.25) is 0 Å². The molecule has 0 unspecified atom stereocenters. The van der Waals surface area contributed by atoms with Crippen LogP contribution in [0.3, 0.4) is 0 Å².